The van der Waals surface area contributed by atoms with E-state index in [0.717, 1.165) is 31.0 Å². The second-order valence-corrected chi connectivity index (χ2v) is 7.47. The van der Waals surface area contributed by atoms with Gasteiger partial charge in [-0.05, 0) is 42.7 Å². The van der Waals surface area contributed by atoms with E-state index < -0.39 is 0 Å². The molecule has 0 radical (unpaired) electrons. The van der Waals surface area contributed by atoms with Crippen LogP contribution in [0.1, 0.15) is 28.4 Å². The van der Waals surface area contributed by atoms with Crippen molar-refractivity contribution in [3.8, 4) is 0 Å². The highest BCUT2D eigenvalue weighted by Crippen LogP contribution is 2.27. The van der Waals surface area contributed by atoms with E-state index in [1.165, 1.54) is 11.3 Å². The lowest BCUT2D eigenvalue weighted by Gasteiger charge is -2.26. The Kier molecular flexibility index (Phi) is 5.97. The number of piperazine rings is 1. The smallest absolute Gasteiger partial charge is 0.254 e. The number of fused-ring (bicyclic) bond motifs is 1. The van der Waals surface area contributed by atoms with Gasteiger partial charge in [0.05, 0.1) is 13.1 Å². The number of amides is 2. The van der Waals surface area contributed by atoms with Crippen LogP contribution in [0.4, 0.5) is 5.69 Å². The van der Waals surface area contributed by atoms with Crippen LogP contribution < -0.4 is 15.5 Å². The molecule has 4 rings (SSSR count). The maximum absolute atomic E-state index is 12.6. The first kappa shape index (κ1) is 19.9. The van der Waals surface area contributed by atoms with E-state index in [1.54, 1.807) is 4.90 Å². The summed E-state index contributed by atoms with van der Waals surface area (Å²) < 4.78 is 0. The van der Waals surface area contributed by atoms with E-state index in [2.05, 4.69) is 46.7 Å². The molecule has 2 aliphatic rings. The summed E-state index contributed by atoms with van der Waals surface area (Å²) in [4.78, 5) is 32.8. The molecule has 0 spiro atoms. The summed E-state index contributed by atoms with van der Waals surface area (Å²) in [6, 6.07) is 15.9. The number of hydrogen-bond donors (Lipinski definition) is 2. The molecule has 2 amide bonds. The van der Waals surface area contributed by atoms with Crippen molar-refractivity contribution in [1.82, 2.24) is 15.5 Å². The van der Waals surface area contributed by atoms with Crippen LogP contribution in [0.3, 0.4) is 0 Å². The highest BCUT2D eigenvalue weighted by atomic mass is 16.2. The Bertz CT molecular complexity index is 954. The minimum absolute atomic E-state index is 0.109. The highest BCUT2D eigenvalue weighted by molar-refractivity contribution is 5.98. The van der Waals surface area contributed by atoms with Crippen LogP contribution in [0.15, 0.2) is 53.5 Å². The molecule has 1 fully saturated rings. The van der Waals surface area contributed by atoms with E-state index in [1.807, 2.05) is 24.3 Å². The molecule has 2 aromatic rings. The van der Waals surface area contributed by atoms with Crippen LogP contribution in [0.25, 0.3) is 0 Å². The van der Waals surface area contributed by atoms with Crippen molar-refractivity contribution in [2.24, 2.45) is 4.99 Å². The fourth-order valence-corrected chi connectivity index (χ4v) is 3.87. The Morgan fingerprint density at radius 2 is 1.93 bits per heavy atom. The number of para-hydroxylation sites is 1. The van der Waals surface area contributed by atoms with Crippen molar-refractivity contribution in [3.05, 3.63) is 65.2 Å². The third-order valence-corrected chi connectivity index (χ3v) is 5.42. The van der Waals surface area contributed by atoms with Gasteiger partial charge >= 0.3 is 0 Å². The van der Waals surface area contributed by atoms with Gasteiger partial charge in [0, 0.05) is 37.4 Å². The van der Waals surface area contributed by atoms with Gasteiger partial charge in [0.1, 0.15) is 0 Å². The average Bonchev–Trinajstić information content (AvgIpc) is 3.20. The number of guanidine groups is 1. The summed E-state index contributed by atoms with van der Waals surface area (Å²) in [7, 11) is 0. The monoisotopic (exact) mass is 405 g/mol. The Hall–Kier alpha value is -3.35. The van der Waals surface area contributed by atoms with Crippen molar-refractivity contribution in [3.63, 3.8) is 0 Å². The van der Waals surface area contributed by atoms with Crippen LogP contribution in [0, 0.1) is 0 Å². The molecule has 0 atom stereocenters. The van der Waals surface area contributed by atoms with Crippen molar-refractivity contribution in [2.45, 2.75) is 19.9 Å². The number of carbonyl (C=O) groups is 2. The fourth-order valence-electron chi connectivity index (χ4n) is 3.87. The van der Waals surface area contributed by atoms with E-state index in [0.29, 0.717) is 25.2 Å². The van der Waals surface area contributed by atoms with Gasteiger partial charge in [-0.25, -0.2) is 4.99 Å². The Labute approximate surface area is 176 Å². The number of anilines is 1. The summed E-state index contributed by atoms with van der Waals surface area (Å²) in [6.07, 6.45) is 1.02. The molecule has 7 nitrogen and oxygen atoms in total. The number of nitrogens with zero attached hydrogens (tertiary/aromatic N) is 3. The molecule has 0 unspecified atom stereocenters. The van der Waals surface area contributed by atoms with E-state index in [-0.39, 0.29) is 18.4 Å². The molecule has 1 saturated heterocycles. The first-order valence-electron chi connectivity index (χ1n) is 10.4. The molecule has 2 aliphatic heterocycles. The van der Waals surface area contributed by atoms with Crippen LogP contribution in [0.5, 0.6) is 0 Å². The third kappa shape index (κ3) is 4.30. The van der Waals surface area contributed by atoms with Gasteiger partial charge in [0.15, 0.2) is 5.96 Å². The molecule has 0 aliphatic carbocycles. The molecule has 0 saturated carbocycles. The Balaban J connectivity index is 1.45. The number of nitrogens with one attached hydrogen (secondary N) is 2. The molecular formula is C23H27N5O2. The third-order valence-electron chi connectivity index (χ3n) is 5.42. The zero-order valence-corrected chi connectivity index (χ0v) is 17.2. The van der Waals surface area contributed by atoms with Gasteiger partial charge in [0.2, 0.25) is 5.91 Å². The van der Waals surface area contributed by atoms with E-state index in [9.17, 15) is 9.59 Å². The van der Waals surface area contributed by atoms with Crippen molar-refractivity contribution in [2.75, 3.05) is 37.6 Å². The topological polar surface area (TPSA) is 77.0 Å². The second-order valence-electron chi connectivity index (χ2n) is 7.47. The minimum atomic E-state index is -0.111. The lowest BCUT2D eigenvalue weighted by atomic mass is 10.1. The van der Waals surface area contributed by atoms with Gasteiger partial charge in [-0.1, -0.05) is 30.3 Å². The zero-order chi connectivity index (χ0) is 20.9. The van der Waals surface area contributed by atoms with E-state index >= 15 is 0 Å². The molecule has 7 heteroatoms. The van der Waals surface area contributed by atoms with Crippen molar-refractivity contribution >= 4 is 23.5 Å². The quantitative estimate of drug-likeness (QED) is 0.601. The van der Waals surface area contributed by atoms with Crippen LogP contribution in [-0.2, 0) is 17.8 Å². The fraction of sp³-hybridized carbons (Fsp3) is 0.348. The largest absolute Gasteiger partial charge is 0.356 e. The first-order valence-corrected chi connectivity index (χ1v) is 10.4. The molecule has 0 aromatic heterocycles. The molecule has 30 heavy (non-hydrogen) atoms. The second kappa shape index (κ2) is 8.98. The van der Waals surface area contributed by atoms with Gasteiger partial charge in [-0.2, -0.15) is 0 Å². The van der Waals surface area contributed by atoms with Crippen LogP contribution >= 0.6 is 0 Å². The first-order chi connectivity index (χ1) is 14.7. The zero-order valence-electron chi connectivity index (χ0n) is 17.2. The molecule has 2 heterocycles. The molecule has 2 N–H and O–H groups in total. The van der Waals surface area contributed by atoms with Crippen LogP contribution in [0.2, 0.25) is 0 Å². The maximum atomic E-state index is 12.6. The molecule has 156 valence electrons. The summed E-state index contributed by atoms with van der Waals surface area (Å²) in [5, 5.41) is 6.13. The predicted molar refractivity (Wildman–Crippen MR) is 118 cm³/mol. The van der Waals surface area contributed by atoms with Gasteiger partial charge in [-0.15, -0.1) is 0 Å². The van der Waals surface area contributed by atoms with E-state index in [4.69, 9.17) is 4.99 Å². The van der Waals surface area contributed by atoms with Crippen molar-refractivity contribution < 1.29 is 9.59 Å². The Morgan fingerprint density at radius 1 is 1.13 bits per heavy atom. The number of carbonyl (C=O) groups excluding carboxylic acids is 2. The summed E-state index contributed by atoms with van der Waals surface area (Å²) >= 11 is 0. The number of benzene rings is 2. The summed E-state index contributed by atoms with van der Waals surface area (Å²) in [6.45, 7) is 5.48. The molecular weight excluding hydrogens is 378 g/mol. The number of hydrogen-bond acceptors (Lipinski definition) is 3. The Morgan fingerprint density at radius 3 is 2.70 bits per heavy atom. The maximum Gasteiger partial charge on any atom is 0.254 e. The molecule has 2 aromatic carbocycles. The molecule has 0 bridgehead atoms. The normalized spacial score (nSPS) is 16.3. The van der Waals surface area contributed by atoms with Crippen molar-refractivity contribution in [1.29, 1.82) is 0 Å². The highest BCUT2D eigenvalue weighted by Gasteiger charge is 2.23. The summed E-state index contributed by atoms with van der Waals surface area (Å²) in [5.41, 5.74) is 4.18. The lowest BCUT2D eigenvalue weighted by Crippen LogP contribution is -2.49. The predicted octanol–water partition coefficient (Wildman–Crippen LogP) is 1.79. The van der Waals surface area contributed by atoms with Gasteiger partial charge in [-0.3, -0.25) is 9.59 Å². The van der Waals surface area contributed by atoms with Gasteiger partial charge < -0.3 is 20.4 Å². The summed E-state index contributed by atoms with van der Waals surface area (Å²) in [5.74, 6) is 0.656. The van der Waals surface area contributed by atoms with Gasteiger partial charge in [0.25, 0.3) is 5.91 Å². The number of rotatable bonds is 4. The SMILES string of the molecule is CCNC(=NCc1ccc(C(=O)N2CCNC(=O)C2)cc1)N1CCc2ccccc21. The average molecular weight is 406 g/mol. The van der Waals surface area contributed by atoms with Crippen LogP contribution in [-0.4, -0.2) is 55.4 Å². The standard InChI is InChI=1S/C23H27N5O2/c1-2-24-23(28-13-11-18-5-3-4-6-20(18)28)26-15-17-7-9-19(10-8-17)22(30)27-14-12-25-21(29)16-27/h3-10H,2,11-16H2,1H3,(H,24,26)(H,25,29). The minimum Gasteiger partial charge on any atom is -0.356 e. The lowest BCUT2D eigenvalue weighted by molar-refractivity contribution is -0.123. The number of aliphatic imine (C=N–C) groups is 1.